The van der Waals surface area contributed by atoms with Crippen LogP contribution in [-0.4, -0.2) is 30.4 Å². The summed E-state index contributed by atoms with van der Waals surface area (Å²) in [6, 6.07) is 17.1. The van der Waals surface area contributed by atoms with Crippen LogP contribution in [0.2, 0.25) is 0 Å². The minimum Gasteiger partial charge on any atom is -0.378 e. The van der Waals surface area contributed by atoms with Gasteiger partial charge in [-0.1, -0.05) is 37.3 Å². The van der Waals surface area contributed by atoms with Gasteiger partial charge in [0.05, 0.1) is 6.04 Å². The van der Waals surface area contributed by atoms with Crippen LogP contribution >= 0.6 is 0 Å². The Morgan fingerprint density at radius 1 is 1.12 bits per heavy atom. The van der Waals surface area contributed by atoms with E-state index in [1.165, 1.54) is 11.1 Å². The van der Waals surface area contributed by atoms with E-state index in [0.717, 1.165) is 37.3 Å². The van der Waals surface area contributed by atoms with Crippen LogP contribution in [0.15, 0.2) is 48.5 Å². The molecule has 1 aliphatic heterocycles. The largest absolute Gasteiger partial charge is 0.378 e. The van der Waals surface area contributed by atoms with Gasteiger partial charge in [0.1, 0.15) is 0 Å². The summed E-state index contributed by atoms with van der Waals surface area (Å²) in [5, 5.41) is 7.26. The number of nitrogens with one attached hydrogen (secondary N) is 2. The normalized spacial score (nSPS) is 18.7. The highest BCUT2D eigenvalue weighted by atomic mass is 16.2. The zero-order valence-electron chi connectivity index (χ0n) is 16.0. The quantitative estimate of drug-likeness (QED) is 0.812. The number of amides is 1. The summed E-state index contributed by atoms with van der Waals surface area (Å²) in [7, 11) is 0. The third kappa shape index (κ3) is 3.75. The summed E-state index contributed by atoms with van der Waals surface area (Å²) in [4.78, 5) is 14.6. The lowest BCUT2D eigenvalue weighted by Gasteiger charge is -2.34. The van der Waals surface area contributed by atoms with Crippen molar-refractivity contribution in [1.29, 1.82) is 0 Å². The molecule has 0 aromatic heterocycles. The molecule has 138 valence electrons. The van der Waals surface area contributed by atoms with Gasteiger partial charge in [-0.2, -0.15) is 0 Å². The first-order chi connectivity index (χ1) is 12.7. The van der Waals surface area contributed by atoms with Gasteiger partial charge in [-0.15, -0.1) is 0 Å². The average Bonchev–Trinajstić information content (AvgIpc) is 2.69. The van der Waals surface area contributed by atoms with E-state index in [2.05, 4.69) is 54.0 Å². The van der Waals surface area contributed by atoms with Gasteiger partial charge in [-0.3, -0.25) is 4.79 Å². The molecule has 0 radical (unpaired) electrons. The van der Waals surface area contributed by atoms with Gasteiger partial charge >= 0.3 is 0 Å². The summed E-state index contributed by atoms with van der Waals surface area (Å²) in [6.07, 6.45) is 0.966. The number of hydrogen-bond acceptors (Lipinski definition) is 3. The first kappa shape index (κ1) is 18.5. The molecule has 2 atom stereocenters. The number of hydrogen-bond donors (Lipinski definition) is 2. The topological polar surface area (TPSA) is 44.4 Å². The van der Waals surface area contributed by atoms with E-state index in [-0.39, 0.29) is 18.0 Å². The predicted octanol–water partition coefficient (Wildman–Crippen LogP) is 4.38. The third-order valence-electron chi connectivity index (χ3n) is 5.18. The Hall–Kier alpha value is -2.33. The standard InChI is InChI=1S/C22H29N3O/c1-4-23-21-15-20(16-10-8-7-9-11-16)24-19-13-12-17(14-18(19)21)22(26)25(5-2)6-3/h7-14,20-21,23-24H,4-6,15H2,1-3H3. The van der Waals surface area contributed by atoms with Crippen LogP contribution in [0, 0.1) is 0 Å². The first-order valence-corrected chi connectivity index (χ1v) is 9.65. The fourth-order valence-electron chi connectivity index (χ4n) is 3.76. The number of benzene rings is 2. The number of rotatable bonds is 6. The molecular formula is C22H29N3O. The van der Waals surface area contributed by atoms with E-state index >= 15 is 0 Å². The highest BCUT2D eigenvalue weighted by molar-refractivity contribution is 5.95. The van der Waals surface area contributed by atoms with Gasteiger partial charge < -0.3 is 15.5 Å². The van der Waals surface area contributed by atoms with Gasteiger partial charge in [0, 0.05) is 30.4 Å². The van der Waals surface area contributed by atoms with Crippen molar-refractivity contribution in [2.24, 2.45) is 0 Å². The molecule has 2 aromatic rings. The van der Waals surface area contributed by atoms with Crippen molar-refractivity contribution in [1.82, 2.24) is 10.2 Å². The van der Waals surface area contributed by atoms with Crippen molar-refractivity contribution in [2.45, 2.75) is 39.3 Å². The van der Waals surface area contributed by atoms with Gasteiger partial charge in [0.25, 0.3) is 5.91 Å². The highest BCUT2D eigenvalue weighted by Gasteiger charge is 2.28. The zero-order valence-corrected chi connectivity index (χ0v) is 16.0. The molecule has 0 saturated carbocycles. The van der Waals surface area contributed by atoms with Crippen molar-refractivity contribution in [2.75, 3.05) is 25.0 Å². The molecule has 1 amide bonds. The van der Waals surface area contributed by atoms with Crippen molar-refractivity contribution in [3.63, 3.8) is 0 Å². The molecule has 0 bridgehead atoms. The molecule has 1 heterocycles. The summed E-state index contributed by atoms with van der Waals surface area (Å²) >= 11 is 0. The van der Waals surface area contributed by atoms with Gasteiger partial charge in [-0.25, -0.2) is 0 Å². The van der Waals surface area contributed by atoms with Crippen LogP contribution in [-0.2, 0) is 0 Å². The van der Waals surface area contributed by atoms with E-state index in [4.69, 9.17) is 0 Å². The molecule has 0 aliphatic carbocycles. The summed E-state index contributed by atoms with van der Waals surface area (Å²) in [6.45, 7) is 8.54. The highest BCUT2D eigenvalue weighted by Crippen LogP contribution is 2.39. The number of fused-ring (bicyclic) bond motifs is 1. The molecule has 3 rings (SSSR count). The molecule has 2 unspecified atom stereocenters. The molecule has 2 aromatic carbocycles. The molecule has 0 spiro atoms. The second-order valence-electron chi connectivity index (χ2n) is 6.73. The van der Waals surface area contributed by atoms with Crippen LogP contribution in [0.25, 0.3) is 0 Å². The second-order valence-corrected chi connectivity index (χ2v) is 6.73. The summed E-state index contributed by atoms with van der Waals surface area (Å²) in [5.74, 6) is 0.109. The van der Waals surface area contributed by atoms with Crippen LogP contribution < -0.4 is 10.6 Å². The molecule has 0 fully saturated rings. The van der Waals surface area contributed by atoms with Crippen LogP contribution in [0.4, 0.5) is 5.69 Å². The molecule has 4 heteroatoms. The maximum Gasteiger partial charge on any atom is 0.253 e. The maximum absolute atomic E-state index is 12.7. The zero-order chi connectivity index (χ0) is 18.5. The van der Waals surface area contributed by atoms with E-state index in [0.29, 0.717) is 0 Å². The van der Waals surface area contributed by atoms with E-state index in [1.54, 1.807) is 0 Å². The van der Waals surface area contributed by atoms with Gasteiger partial charge in [0.15, 0.2) is 0 Å². The Morgan fingerprint density at radius 3 is 2.50 bits per heavy atom. The van der Waals surface area contributed by atoms with Crippen molar-refractivity contribution in [3.8, 4) is 0 Å². The van der Waals surface area contributed by atoms with E-state index in [1.807, 2.05) is 30.9 Å². The first-order valence-electron chi connectivity index (χ1n) is 9.65. The van der Waals surface area contributed by atoms with Crippen LogP contribution in [0.3, 0.4) is 0 Å². The van der Waals surface area contributed by atoms with Crippen molar-refractivity contribution < 1.29 is 4.79 Å². The Morgan fingerprint density at radius 2 is 1.85 bits per heavy atom. The summed E-state index contributed by atoms with van der Waals surface area (Å²) in [5.41, 5.74) is 4.38. The smallest absolute Gasteiger partial charge is 0.253 e. The molecule has 0 saturated heterocycles. The minimum atomic E-state index is 0.109. The molecule has 26 heavy (non-hydrogen) atoms. The lowest BCUT2D eigenvalue weighted by Crippen LogP contribution is -2.32. The number of carbonyl (C=O) groups excluding carboxylic acids is 1. The summed E-state index contributed by atoms with van der Waals surface area (Å²) < 4.78 is 0. The Kier molecular flexibility index (Phi) is 5.94. The Labute approximate surface area is 156 Å². The fraction of sp³-hybridized carbons (Fsp3) is 0.409. The van der Waals surface area contributed by atoms with Gasteiger partial charge in [0.2, 0.25) is 0 Å². The monoisotopic (exact) mass is 351 g/mol. The minimum absolute atomic E-state index is 0.109. The van der Waals surface area contributed by atoms with Crippen molar-refractivity contribution >= 4 is 11.6 Å². The Balaban J connectivity index is 1.92. The number of anilines is 1. The second kappa shape index (κ2) is 8.37. The molecule has 2 N–H and O–H groups in total. The maximum atomic E-state index is 12.7. The lowest BCUT2D eigenvalue weighted by molar-refractivity contribution is 0.0773. The molecule has 4 nitrogen and oxygen atoms in total. The molecule has 1 aliphatic rings. The molecular weight excluding hydrogens is 322 g/mol. The SMILES string of the molecule is CCNC1CC(c2ccccc2)Nc2ccc(C(=O)N(CC)CC)cc21. The van der Waals surface area contributed by atoms with E-state index in [9.17, 15) is 4.79 Å². The van der Waals surface area contributed by atoms with Gasteiger partial charge in [-0.05, 0) is 56.1 Å². The van der Waals surface area contributed by atoms with Crippen LogP contribution in [0.5, 0.6) is 0 Å². The van der Waals surface area contributed by atoms with Crippen molar-refractivity contribution in [3.05, 3.63) is 65.2 Å². The Bertz CT molecular complexity index is 740. The number of nitrogens with zero attached hydrogens (tertiary/aromatic N) is 1. The fourth-order valence-corrected chi connectivity index (χ4v) is 3.76. The number of carbonyl (C=O) groups is 1. The van der Waals surface area contributed by atoms with E-state index < -0.39 is 0 Å². The predicted molar refractivity (Wildman–Crippen MR) is 108 cm³/mol. The van der Waals surface area contributed by atoms with Crippen LogP contribution in [0.1, 0.15) is 60.8 Å². The third-order valence-corrected chi connectivity index (χ3v) is 5.18. The lowest BCUT2D eigenvalue weighted by atomic mass is 9.88. The average molecular weight is 351 g/mol.